The molecule has 14 nitrogen and oxygen atoms in total. The summed E-state index contributed by atoms with van der Waals surface area (Å²) in [4.78, 5) is 56.2. The summed E-state index contributed by atoms with van der Waals surface area (Å²) in [5.41, 5.74) is 2.91. The number of hydrogen-bond acceptors (Lipinski definition) is 11. The zero-order valence-electron chi connectivity index (χ0n) is 31.0. The maximum absolute atomic E-state index is 14.7. The monoisotopic (exact) mass is 763 g/mol. The number of ketones is 1. The molecule has 0 saturated heterocycles. The van der Waals surface area contributed by atoms with E-state index in [0.29, 0.717) is 69.0 Å². The minimum Gasteiger partial charge on any atom is -0.497 e. The van der Waals surface area contributed by atoms with Gasteiger partial charge >= 0.3 is 5.82 Å². The number of nitro groups is 1. The van der Waals surface area contributed by atoms with Gasteiger partial charge in [0.15, 0.2) is 5.78 Å². The molecule has 6 rings (SSSR count). The van der Waals surface area contributed by atoms with Crippen LogP contribution in [0.3, 0.4) is 0 Å². The molecular weight excluding hydrogens is 724 g/mol. The van der Waals surface area contributed by atoms with E-state index < -0.39 is 11.0 Å². The van der Waals surface area contributed by atoms with Crippen molar-refractivity contribution in [2.24, 2.45) is 4.99 Å². The van der Waals surface area contributed by atoms with E-state index in [0.717, 1.165) is 11.1 Å². The number of likely N-dealkylation sites (N-methyl/N-ethyl adjacent to an activating group) is 1. The van der Waals surface area contributed by atoms with Crippen molar-refractivity contribution >= 4 is 46.4 Å². The number of fused-ring (bicyclic) bond motifs is 1. The number of halogens is 1. The van der Waals surface area contributed by atoms with Crippen LogP contribution in [0.25, 0.3) is 22.2 Å². The molecule has 282 valence electrons. The van der Waals surface area contributed by atoms with Gasteiger partial charge in [0.05, 0.1) is 51.5 Å². The van der Waals surface area contributed by atoms with E-state index >= 15 is 0 Å². The Labute approximate surface area is 322 Å². The Balaban J connectivity index is 1.32. The number of methoxy groups -OCH3 is 2. The third kappa shape index (κ3) is 8.77. The largest absolute Gasteiger partial charge is 0.497 e. The number of nitrogens with one attached hydrogen (secondary N) is 1. The average Bonchev–Trinajstić information content (AvgIpc) is 3.63. The Morgan fingerprint density at radius 3 is 2.64 bits per heavy atom. The number of aliphatic imine (C=N–C) groups is 1. The van der Waals surface area contributed by atoms with Gasteiger partial charge in [0.2, 0.25) is 5.95 Å². The minimum absolute atomic E-state index is 0.0966. The number of carbonyl (C=O) groups is 1. The molecular formula is C40H40ClN8O6+. The lowest BCUT2D eigenvalue weighted by Crippen LogP contribution is -2.41. The Hall–Kier alpha value is -6.25. The van der Waals surface area contributed by atoms with Crippen LogP contribution in [0.2, 0.25) is 5.02 Å². The van der Waals surface area contributed by atoms with Gasteiger partial charge in [0, 0.05) is 47.8 Å². The Bertz CT molecular complexity index is 2430. The van der Waals surface area contributed by atoms with Gasteiger partial charge in [-0.3, -0.25) is 14.2 Å². The van der Waals surface area contributed by atoms with Crippen LogP contribution in [0.5, 0.6) is 11.5 Å². The number of benzene rings is 2. The zero-order chi connectivity index (χ0) is 39.3. The van der Waals surface area contributed by atoms with Gasteiger partial charge in [0.1, 0.15) is 35.7 Å². The second-order valence-corrected chi connectivity index (χ2v) is 14.1. The van der Waals surface area contributed by atoms with Gasteiger partial charge in [-0.15, -0.1) is 0 Å². The maximum Gasteiger partial charge on any atom is 0.368 e. The van der Waals surface area contributed by atoms with Crippen molar-refractivity contribution in [2.75, 3.05) is 46.7 Å². The summed E-state index contributed by atoms with van der Waals surface area (Å²) in [6, 6.07) is 17.4. The summed E-state index contributed by atoms with van der Waals surface area (Å²) in [5, 5.41) is 15.3. The summed E-state index contributed by atoms with van der Waals surface area (Å²) >= 11 is 6.80. The summed E-state index contributed by atoms with van der Waals surface area (Å²) in [7, 11) is 6.91. The number of rotatable bonds is 15. The van der Waals surface area contributed by atoms with Crippen molar-refractivity contribution in [2.45, 2.75) is 25.8 Å². The Morgan fingerprint density at radius 2 is 1.91 bits per heavy atom. The highest BCUT2D eigenvalue weighted by Gasteiger charge is 2.28. The number of ether oxygens (including phenoxy) is 2. The van der Waals surface area contributed by atoms with E-state index in [9.17, 15) is 19.7 Å². The van der Waals surface area contributed by atoms with Crippen molar-refractivity contribution in [3.63, 3.8) is 0 Å². The number of quaternary nitrogens is 1. The Morgan fingerprint density at radius 1 is 1.09 bits per heavy atom. The normalized spacial score (nSPS) is 13.4. The SMILES string of the molecule is COc1cc(OC)c(Cl)c(-c2cc3cnc(Nc4ccccn4)nc3n(C(C)c3cccc(CC(=O)/C=C/C[N+](C)(C)CC4=C([N+](=O)[O-])N=CC4)c3)c2=O)c1. The number of anilines is 2. The van der Waals surface area contributed by atoms with Crippen molar-refractivity contribution in [1.29, 1.82) is 0 Å². The molecule has 3 aromatic heterocycles. The molecule has 4 heterocycles. The van der Waals surface area contributed by atoms with Crippen molar-refractivity contribution < 1.29 is 23.7 Å². The second kappa shape index (κ2) is 16.4. The van der Waals surface area contributed by atoms with E-state index in [4.69, 9.17) is 26.1 Å². The highest BCUT2D eigenvalue weighted by atomic mass is 35.5. The van der Waals surface area contributed by atoms with Crippen LogP contribution in [0.15, 0.2) is 106 Å². The highest BCUT2D eigenvalue weighted by Crippen LogP contribution is 2.39. The summed E-state index contributed by atoms with van der Waals surface area (Å²) < 4.78 is 13.0. The van der Waals surface area contributed by atoms with Gasteiger partial charge in [-0.05, 0) is 59.4 Å². The quantitative estimate of drug-likeness (QED) is 0.0533. The highest BCUT2D eigenvalue weighted by molar-refractivity contribution is 6.35. The molecule has 5 aromatic rings. The third-order valence-electron chi connectivity index (χ3n) is 9.20. The first kappa shape index (κ1) is 38.5. The molecule has 0 aliphatic carbocycles. The fourth-order valence-corrected chi connectivity index (χ4v) is 6.77. The molecule has 1 aliphatic rings. The molecule has 1 unspecified atom stereocenters. The summed E-state index contributed by atoms with van der Waals surface area (Å²) in [5.74, 6) is 1.39. The van der Waals surface area contributed by atoms with E-state index in [1.807, 2.05) is 51.4 Å². The fraction of sp³-hybridized carbons (Fsp3) is 0.250. The molecule has 15 heteroatoms. The minimum atomic E-state index is -0.555. The number of carbonyl (C=O) groups excluding carboxylic acids is 1. The molecule has 0 fully saturated rings. The molecule has 0 radical (unpaired) electrons. The van der Waals surface area contributed by atoms with Crippen LogP contribution in [0.1, 0.15) is 30.5 Å². The van der Waals surface area contributed by atoms with Crippen LogP contribution in [0, 0.1) is 10.1 Å². The molecule has 1 N–H and O–H groups in total. The van der Waals surface area contributed by atoms with Crippen molar-refractivity contribution in [1.82, 2.24) is 19.5 Å². The fourth-order valence-electron chi connectivity index (χ4n) is 6.48. The number of hydrogen-bond donors (Lipinski definition) is 1. The van der Waals surface area contributed by atoms with E-state index in [1.165, 1.54) is 14.2 Å². The number of nitrogens with zero attached hydrogens (tertiary/aromatic N) is 7. The molecule has 55 heavy (non-hydrogen) atoms. The van der Waals surface area contributed by atoms with E-state index in [2.05, 4.69) is 20.3 Å². The van der Waals surface area contributed by atoms with Crippen LogP contribution in [-0.2, 0) is 11.2 Å². The van der Waals surface area contributed by atoms with Gasteiger partial charge in [-0.2, -0.15) is 4.98 Å². The van der Waals surface area contributed by atoms with Crippen molar-refractivity contribution in [3.05, 3.63) is 133 Å². The van der Waals surface area contributed by atoms with Gasteiger partial charge in [-0.1, -0.05) is 46.9 Å². The van der Waals surface area contributed by atoms with Gasteiger partial charge in [0.25, 0.3) is 5.56 Å². The second-order valence-electron chi connectivity index (χ2n) is 13.7. The first-order valence-corrected chi connectivity index (χ1v) is 17.8. The zero-order valence-corrected chi connectivity index (χ0v) is 31.8. The van der Waals surface area contributed by atoms with Crippen LogP contribution >= 0.6 is 11.6 Å². The molecule has 0 amide bonds. The molecule has 2 aromatic carbocycles. The predicted molar refractivity (Wildman–Crippen MR) is 212 cm³/mol. The number of aromatic nitrogens is 4. The maximum atomic E-state index is 14.7. The van der Waals surface area contributed by atoms with E-state index in [1.54, 1.807) is 65.7 Å². The van der Waals surface area contributed by atoms with Gasteiger partial charge in [-0.25, -0.2) is 9.97 Å². The molecule has 0 saturated carbocycles. The third-order valence-corrected chi connectivity index (χ3v) is 9.59. The van der Waals surface area contributed by atoms with Crippen LogP contribution in [0.4, 0.5) is 11.8 Å². The lowest BCUT2D eigenvalue weighted by Gasteiger charge is -2.28. The molecule has 0 bridgehead atoms. The van der Waals surface area contributed by atoms with E-state index in [-0.39, 0.29) is 34.6 Å². The summed E-state index contributed by atoms with van der Waals surface area (Å²) in [6.07, 6.45) is 8.75. The van der Waals surface area contributed by atoms with Crippen LogP contribution < -0.4 is 20.3 Å². The number of allylic oxidation sites excluding steroid dienone is 1. The lowest BCUT2D eigenvalue weighted by molar-refractivity contribution is -0.880. The number of pyridine rings is 2. The van der Waals surface area contributed by atoms with Gasteiger partial charge < -0.3 is 29.4 Å². The first-order valence-electron chi connectivity index (χ1n) is 17.4. The summed E-state index contributed by atoms with van der Waals surface area (Å²) in [6.45, 7) is 2.82. The average molecular weight is 764 g/mol. The Kier molecular flexibility index (Phi) is 11.5. The predicted octanol–water partition coefficient (Wildman–Crippen LogP) is 6.58. The lowest BCUT2D eigenvalue weighted by atomic mass is 10.00. The molecule has 1 atom stereocenters. The molecule has 0 spiro atoms. The first-order chi connectivity index (χ1) is 26.4. The topological polar surface area (TPSA) is 164 Å². The molecule has 1 aliphatic heterocycles. The van der Waals surface area contributed by atoms with Crippen LogP contribution in [-0.4, -0.2) is 82.3 Å². The van der Waals surface area contributed by atoms with Crippen molar-refractivity contribution in [3.8, 4) is 22.6 Å². The standard InChI is InChI=1S/C40H39ClN8O6/c1-25(27-11-8-10-26(18-27)19-30(50)12-9-17-49(2,3)24-28-14-16-43-37(28)48(52)53)47-38-29(23-44-40(46-38)45-35-13-6-7-15-42-35)20-33(39(47)51)32-21-31(54-4)22-34(55-5)36(32)41/h6-13,15-16,18,20-23,25H,14,17,19,24H2,1-5H3/p+1/b12-9+. The smallest absolute Gasteiger partial charge is 0.368 e.